The average Bonchev–Trinajstić information content (AvgIpc) is 2.98. The van der Waals surface area contributed by atoms with Gasteiger partial charge in [0.25, 0.3) is 0 Å². The lowest BCUT2D eigenvalue weighted by Crippen LogP contribution is -2.29. The summed E-state index contributed by atoms with van der Waals surface area (Å²) in [6.45, 7) is 3.80. The maximum Gasteiger partial charge on any atom is 0.226 e. The molecule has 0 spiro atoms. The van der Waals surface area contributed by atoms with E-state index < -0.39 is 0 Å². The standard InChI is InChI=1S/C17H23N3O3/c1-12(14-8-10-15(22-4)11-9-14)20(3)17(21)7-5-6-16-18-13(2)19-23-16/h8-12H,5-7H2,1-4H3. The minimum absolute atomic E-state index is 0.0130. The van der Waals surface area contributed by atoms with Crippen LogP contribution in [0.1, 0.15) is 43.1 Å². The van der Waals surface area contributed by atoms with Gasteiger partial charge in [-0.05, 0) is 38.0 Å². The van der Waals surface area contributed by atoms with Crippen molar-refractivity contribution in [3.63, 3.8) is 0 Å². The van der Waals surface area contributed by atoms with Crippen molar-refractivity contribution in [3.8, 4) is 5.75 Å². The zero-order chi connectivity index (χ0) is 16.8. The molecule has 1 unspecified atom stereocenters. The Morgan fingerprint density at radius 3 is 2.61 bits per heavy atom. The average molecular weight is 317 g/mol. The van der Waals surface area contributed by atoms with E-state index in [-0.39, 0.29) is 11.9 Å². The lowest BCUT2D eigenvalue weighted by Gasteiger charge is -2.25. The van der Waals surface area contributed by atoms with E-state index in [2.05, 4.69) is 10.1 Å². The van der Waals surface area contributed by atoms with Crippen LogP contribution in [0.5, 0.6) is 5.75 Å². The van der Waals surface area contributed by atoms with Crippen LogP contribution < -0.4 is 4.74 Å². The molecule has 6 heteroatoms. The van der Waals surface area contributed by atoms with E-state index in [4.69, 9.17) is 9.26 Å². The van der Waals surface area contributed by atoms with Crippen molar-refractivity contribution in [2.24, 2.45) is 0 Å². The summed E-state index contributed by atoms with van der Waals surface area (Å²) < 4.78 is 10.2. The molecule has 1 aromatic carbocycles. The third-order valence-corrected chi connectivity index (χ3v) is 3.92. The van der Waals surface area contributed by atoms with Crippen molar-refractivity contribution in [1.29, 1.82) is 0 Å². The molecule has 0 aliphatic heterocycles. The first-order chi connectivity index (χ1) is 11.0. The fourth-order valence-electron chi connectivity index (χ4n) is 2.33. The monoisotopic (exact) mass is 317 g/mol. The predicted octanol–water partition coefficient (Wildman–Crippen LogP) is 2.93. The van der Waals surface area contributed by atoms with Crippen molar-refractivity contribution < 1.29 is 14.1 Å². The van der Waals surface area contributed by atoms with Gasteiger partial charge in [-0.3, -0.25) is 4.79 Å². The predicted molar refractivity (Wildman–Crippen MR) is 86.2 cm³/mol. The summed E-state index contributed by atoms with van der Waals surface area (Å²) in [6.07, 6.45) is 1.77. The largest absolute Gasteiger partial charge is 0.497 e. The number of carbonyl (C=O) groups excluding carboxylic acids is 1. The first-order valence-corrected chi connectivity index (χ1v) is 7.70. The SMILES string of the molecule is COc1ccc(C(C)N(C)C(=O)CCCc2nc(C)no2)cc1. The maximum atomic E-state index is 12.3. The second kappa shape index (κ2) is 7.76. The van der Waals surface area contributed by atoms with Crippen molar-refractivity contribution >= 4 is 5.91 Å². The zero-order valence-electron chi connectivity index (χ0n) is 14.1. The van der Waals surface area contributed by atoms with Crippen LogP contribution in [0.4, 0.5) is 0 Å². The molecule has 1 atom stereocenters. The molecule has 0 aliphatic carbocycles. The van der Waals surface area contributed by atoms with Gasteiger partial charge in [0, 0.05) is 19.9 Å². The highest BCUT2D eigenvalue weighted by molar-refractivity contribution is 5.76. The van der Waals surface area contributed by atoms with E-state index in [1.54, 1.807) is 18.9 Å². The Labute approximate surface area is 136 Å². The van der Waals surface area contributed by atoms with Gasteiger partial charge in [0.2, 0.25) is 11.8 Å². The van der Waals surface area contributed by atoms with Crippen molar-refractivity contribution in [3.05, 3.63) is 41.5 Å². The molecule has 6 nitrogen and oxygen atoms in total. The number of hydrogen-bond acceptors (Lipinski definition) is 5. The number of hydrogen-bond donors (Lipinski definition) is 0. The van der Waals surface area contributed by atoms with Gasteiger partial charge in [-0.15, -0.1) is 0 Å². The molecular formula is C17H23N3O3. The Balaban J connectivity index is 1.85. The Bertz CT molecular complexity index is 637. The topological polar surface area (TPSA) is 68.5 Å². The molecule has 0 aliphatic rings. The number of benzene rings is 1. The first-order valence-electron chi connectivity index (χ1n) is 7.70. The quantitative estimate of drug-likeness (QED) is 0.785. The number of rotatable bonds is 7. The Hall–Kier alpha value is -2.37. The summed E-state index contributed by atoms with van der Waals surface area (Å²) in [7, 11) is 3.47. The van der Waals surface area contributed by atoms with E-state index >= 15 is 0 Å². The van der Waals surface area contributed by atoms with E-state index in [9.17, 15) is 4.79 Å². The van der Waals surface area contributed by atoms with E-state index in [1.165, 1.54) is 0 Å². The smallest absolute Gasteiger partial charge is 0.226 e. The lowest BCUT2D eigenvalue weighted by molar-refractivity contribution is -0.131. The molecule has 0 saturated heterocycles. The third-order valence-electron chi connectivity index (χ3n) is 3.92. The summed E-state index contributed by atoms with van der Waals surface area (Å²) in [4.78, 5) is 18.2. The summed E-state index contributed by atoms with van der Waals surface area (Å²) in [5, 5.41) is 3.74. The zero-order valence-corrected chi connectivity index (χ0v) is 14.1. The second-order valence-electron chi connectivity index (χ2n) is 5.54. The molecule has 0 N–H and O–H groups in total. The van der Waals surface area contributed by atoms with Crippen LogP contribution in [0.25, 0.3) is 0 Å². The number of amides is 1. The number of aryl methyl sites for hydroxylation is 2. The van der Waals surface area contributed by atoms with Gasteiger partial charge in [0.1, 0.15) is 5.75 Å². The van der Waals surface area contributed by atoms with Crippen molar-refractivity contribution in [1.82, 2.24) is 15.0 Å². The Kier molecular flexibility index (Phi) is 5.73. The van der Waals surface area contributed by atoms with Crippen LogP contribution >= 0.6 is 0 Å². The number of methoxy groups -OCH3 is 1. The molecule has 0 radical (unpaired) electrons. The third kappa shape index (κ3) is 4.55. The van der Waals surface area contributed by atoms with Crippen LogP contribution in [-0.2, 0) is 11.2 Å². The van der Waals surface area contributed by atoms with E-state index in [1.807, 2.05) is 38.2 Å². The molecule has 1 heterocycles. The van der Waals surface area contributed by atoms with Crippen molar-refractivity contribution in [2.45, 2.75) is 39.2 Å². The Morgan fingerprint density at radius 1 is 1.35 bits per heavy atom. The molecule has 1 amide bonds. The first kappa shape index (κ1) is 17.0. The van der Waals surface area contributed by atoms with Gasteiger partial charge in [0.15, 0.2) is 5.82 Å². The molecule has 2 rings (SSSR count). The van der Waals surface area contributed by atoms with Crippen LogP contribution in [0.15, 0.2) is 28.8 Å². The van der Waals surface area contributed by atoms with Crippen molar-refractivity contribution in [2.75, 3.05) is 14.2 Å². The van der Waals surface area contributed by atoms with Crippen LogP contribution in [0.3, 0.4) is 0 Å². The molecule has 0 bridgehead atoms. The summed E-state index contributed by atoms with van der Waals surface area (Å²) in [5.74, 6) is 2.12. The van der Waals surface area contributed by atoms with E-state index in [0.717, 1.165) is 11.3 Å². The minimum atomic E-state index is 0.0130. The van der Waals surface area contributed by atoms with Crippen LogP contribution in [0.2, 0.25) is 0 Å². The fourth-order valence-corrected chi connectivity index (χ4v) is 2.33. The van der Waals surface area contributed by atoms with Gasteiger partial charge in [0.05, 0.1) is 13.2 Å². The highest BCUT2D eigenvalue weighted by Crippen LogP contribution is 2.22. The number of carbonyl (C=O) groups is 1. The minimum Gasteiger partial charge on any atom is -0.497 e. The van der Waals surface area contributed by atoms with Gasteiger partial charge < -0.3 is 14.2 Å². The molecule has 0 saturated carbocycles. The van der Waals surface area contributed by atoms with Gasteiger partial charge in [-0.25, -0.2) is 0 Å². The van der Waals surface area contributed by atoms with Gasteiger partial charge in [-0.1, -0.05) is 17.3 Å². The lowest BCUT2D eigenvalue weighted by atomic mass is 10.1. The highest BCUT2D eigenvalue weighted by atomic mass is 16.5. The molecule has 0 fully saturated rings. The maximum absolute atomic E-state index is 12.3. The van der Waals surface area contributed by atoms with Crippen LogP contribution in [-0.4, -0.2) is 35.1 Å². The van der Waals surface area contributed by atoms with Crippen LogP contribution in [0, 0.1) is 6.92 Å². The number of ether oxygens (including phenoxy) is 1. The summed E-state index contributed by atoms with van der Waals surface area (Å²) in [5.41, 5.74) is 1.08. The normalized spacial score (nSPS) is 12.0. The highest BCUT2D eigenvalue weighted by Gasteiger charge is 2.17. The molecule has 23 heavy (non-hydrogen) atoms. The van der Waals surface area contributed by atoms with Gasteiger partial charge in [-0.2, -0.15) is 4.98 Å². The van der Waals surface area contributed by atoms with E-state index in [0.29, 0.717) is 31.0 Å². The molecule has 1 aromatic heterocycles. The number of nitrogens with zero attached hydrogens (tertiary/aromatic N) is 3. The molecular weight excluding hydrogens is 294 g/mol. The summed E-state index contributed by atoms with van der Waals surface area (Å²) in [6, 6.07) is 7.78. The molecule has 2 aromatic rings. The van der Waals surface area contributed by atoms with Gasteiger partial charge >= 0.3 is 0 Å². The summed E-state index contributed by atoms with van der Waals surface area (Å²) >= 11 is 0. The number of aromatic nitrogens is 2. The second-order valence-corrected chi connectivity index (χ2v) is 5.54. The Morgan fingerprint density at radius 2 is 2.04 bits per heavy atom. The molecule has 124 valence electrons. The fraction of sp³-hybridized carbons (Fsp3) is 0.471.